The minimum atomic E-state index is -0.109. The number of hydrogen-bond donors (Lipinski definition) is 1. The normalized spacial score (nSPS) is 10.7. The number of carbonyl (C=O) groups is 1. The van der Waals surface area contributed by atoms with E-state index in [0.29, 0.717) is 41.8 Å². The lowest BCUT2D eigenvalue weighted by atomic mass is 10.1. The number of nitrogens with zero attached hydrogens (tertiary/aromatic N) is 2. The molecular weight excluding hydrogens is 398 g/mol. The molecule has 6 nitrogen and oxygen atoms in total. The van der Waals surface area contributed by atoms with Gasteiger partial charge in [0.25, 0.3) is 5.91 Å². The number of likely N-dealkylation sites (N-methyl/N-ethyl adjacent to an activating group) is 1. The van der Waals surface area contributed by atoms with E-state index in [-0.39, 0.29) is 5.91 Å². The molecule has 1 amide bonds. The number of anilines is 1. The maximum atomic E-state index is 13.3. The van der Waals surface area contributed by atoms with Crippen molar-refractivity contribution in [2.75, 3.05) is 33.0 Å². The molecule has 0 saturated heterocycles. The van der Waals surface area contributed by atoms with Gasteiger partial charge < -0.3 is 20.1 Å². The van der Waals surface area contributed by atoms with Crippen LogP contribution in [0.15, 0.2) is 42.5 Å². The zero-order chi connectivity index (χ0) is 21.7. The SMILES string of the molecule is CCN(CCc1ccc(OC)c(OC)c1)C(=O)c1nc(N)sc1-c1cccc(C)c1. The molecule has 7 heteroatoms. The quantitative estimate of drug-likeness (QED) is 0.578. The number of rotatable bonds is 8. The van der Waals surface area contributed by atoms with Crippen LogP contribution >= 0.6 is 11.3 Å². The fraction of sp³-hybridized carbons (Fsp3) is 0.304. The highest BCUT2D eigenvalue weighted by Crippen LogP contribution is 2.33. The summed E-state index contributed by atoms with van der Waals surface area (Å²) in [5.74, 6) is 1.26. The number of aryl methyl sites for hydroxylation is 1. The molecular formula is C23H27N3O3S. The first kappa shape index (κ1) is 21.6. The van der Waals surface area contributed by atoms with Gasteiger partial charge in [-0.1, -0.05) is 47.2 Å². The van der Waals surface area contributed by atoms with Gasteiger partial charge in [0.15, 0.2) is 16.6 Å². The molecule has 3 aromatic rings. The van der Waals surface area contributed by atoms with Gasteiger partial charge in [-0.25, -0.2) is 4.98 Å². The van der Waals surface area contributed by atoms with Gasteiger partial charge in [0, 0.05) is 13.1 Å². The summed E-state index contributed by atoms with van der Waals surface area (Å²) in [5.41, 5.74) is 9.53. The molecule has 0 unspecified atom stereocenters. The van der Waals surface area contributed by atoms with E-state index in [1.165, 1.54) is 11.3 Å². The lowest BCUT2D eigenvalue weighted by molar-refractivity contribution is 0.0762. The number of nitrogen functional groups attached to an aromatic ring is 1. The Kier molecular flexibility index (Phi) is 6.95. The minimum Gasteiger partial charge on any atom is -0.493 e. The van der Waals surface area contributed by atoms with Gasteiger partial charge in [-0.3, -0.25) is 4.79 Å². The summed E-state index contributed by atoms with van der Waals surface area (Å²) in [5, 5.41) is 0.394. The van der Waals surface area contributed by atoms with Crippen molar-refractivity contribution in [2.45, 2.75) is 20.3 Å². The predicted octanol–water partition coefficient (Wildman–Crippen LogP) is 4.42. The average molecular weight is 426 g/mol. The maximum absolute atomic E-state index is 13.3. The molecule has 0 bridgehead atoms. The second kappa shape index (κ2) is 9.63. The molecule has 1 heterocycles. The smallest absolute Gasteiger partial charge is 0.274 e. The lowest BCUT2D eigenvalue weighted by Crippen LogP contribution is -2.33. The molecule has 0 radical (unpaired) electrons. The second-order valence-corrected chi connectivity index (χ2v) is 7.95. The summed E-state index contributed by atoms with van der Waals surface area (Å²) in [7, 11) is 3.23. The van der Waals surface area contributed by atoms with Crippen LogP contribution in [-0.2, 0) is 6.42 Å². The number of hydrogen-bond acceptors (Lipinski definition) is 6. The van der Waals surface area contributed by atoms with E-state index >= 15 is 0 Å². The van der Waals surface area contributed by atoms with Crippen molar-refractivity contribution >= 4 is 22.4 Å². The summed E-state index contributed by atoms with van der Waals surface area (Å²) in [4.78, 5) is 20.2. The Morgan fingerprint density at radius 2 is 1.90 bits per heavy atom. The molecule has 158 valence electrons. The highest BCUT2D eigenvalue weighted by atomic mass is 32.1. The first-order chi connectivity index (χ1) is 14.5. The third kappa shape index (κ3) is 4.74. The highest BCUT2D eigenvalue weighted by Gasteiger charge is 2.23. The monoisotopic (exact) mass is 425 g/mol. The van der Waals surface area contributed by atoms with Crippen LogP contribution in [0.25, 0.3) is 10.4 Å². The van der Waals surface area contributed by atoms with Crippen LogP contribution in [0.2, 0.25) is 0 Å². The summed E-state index contributed by atoms with van der Waals surface area (Å²) >= 11 is 1.34. The zero-order valence-corrected chi connectivity index (χ0v) is 18.6. The van der Waals surface area contributed by atoms with E-state index in [4.69, 9.17) is 15.2 Å². The van der Waals surface area contributed by atoms with E-state index in [0.717, 1.165) is 21.6 Å². The fourth-order valence-electron chi connectivity index (χ4n) is 3.32. The number of thiazole rings is 1. The van der Waals surface area contributed by atoms with Crippen LogP contribution in [0, 0.1) is 6.92 Å². The van der Waals surface area contributed by atoms with Crippen molar-refractivity contribution in [3.63, 3.8) is 0 Å². The van der Waals surface area contributed by atoms with E-state index < -0.39 is 0 Å². The van der Waals surface area contributed by atoms with Crippen molar-refractivity contribution in [2.24, 2.45) is 0 Å². The van der Waals surface area contributed by atoms with Crippen LogP contribution in [0.1, 0.15) is 28.5 Å². The second-order valence-electron chi connectivity index (χ2n) is 6.92. The number of amides is 1. The number of carbonyl (C=O) groups excluding carboxylic acids is 1. The first-order valence-corrected chi connectivity index (χ1v) is 10.6. The van der Waals surface area contributed by atoms with Gasteiger partial charge >= 0.3 is 0 Å². The van der Waals surface area contributed by atoms with Gasteiger partial charge in [-0.05, 0) is 43.5 Å². The van der Waals surface area contributed by atoms with Crippen LogP contribution in [0.3, 0.4) is 0 Å². The van der Waals surface area contributed by atoms with Crippen LogP contribution in [0.5, 0.6) is 11.5 Å². The molecule has 1 aromatic heterocycles. The van der Waals surface area contributed by atoms with Crippen molar-refractivity contribution in [3.05, 3.63) is 59.3 Å². The fourth-order valence-corrected chi connectivity index (χ4v) is 4.14. The van der Waals surface area contributed by atoms with E-state index in [9.17, 15) is 4.79 Å². The van der Waals surface area contributed by atoms with E-state index in [1.807, 2.05) is 56.3 Å². The molecule has 30 heavy (non-hydrogen) atoms. The van der Waals surface area contributed by atoms with Gasteiger partial charge in [0.05, 0.1) is 19.1 Å². The molecule has 2 N–H and O–H groups in total. The van der Waals surface area contributed by atoms with Gasteiger partial charge in [0.1, 0.15) is 5.69 Å². The number of benzene rings is 2. The predicted molar refractivity (Wildman–Crippen MR) is 122 cm³/mol. The topological polar surface area (TPSA) is 77.7 Å². The van der Waals surface area contributed by atoms with Crippen molar-refractivity contribution in [1.29, 1.82) is 0 Å². The molecule has 0 spiro atoms. The van der Waals surface area contributed by atoms with E-state index in [2.05, 4.69) is 4.98 Å². The number of methoxy groups -OCH3 is 2. The standard InChI is InChI=1S/C23H27N3O3S/c1-5-26(12-11-16-9-10-18(28-3)19(14-16)29-4)22(27)20-21(30-23(24)25-20)17-8-6-7-15(2)13-17/h6-10,13-14H,5,11-12H2,1-4H3,(H2,24,25). The van der Waals surface area contributed by atoms with Gasteiger partial charge in [-0.15, -0.1) is 0 Å². The Bertz CT molecular complexity index is 1030. The zero-order valence-electron chi connectivity index (χ0n) is 17.8. The molecule has 0 atom stereocenters. The van der Waals surface area contributed by atoms with Crippen LogP contribution < -0.4 is 15.2 Å². The summed E-state index contributed by atoms with van der Waals surface area (Å²) in [6.07, 6.45) is 0.694. The van der Waals surface area contributed by atoms with Gasteiger partial charge in [0.2, 0.25) is 0 Å². The Hall–Kier alpha value is -3.06. The molecule has 3 rings (SSSR count). The molecule has 0 aliphatic heterocycles. The lowest BCUT2D eigenvalue weighted by Gasteiger charge is -2.21. The van der Waals surface area contributed by atoms with Gasteiger partial charge in [-0.2, -0.15) is 0 Å². The third-order valence-electron chi connectivity index (χ3n) is 4.91. The highest BCUT2D eigenvalue weighted by molar-refractivity contribution is 7.19. The average Bonchev–Trinajstić information content (AvgIpc) is 3.15. The molecule has 2 aromatic carbocycles. The third-order valence-corrected chi connectivity index (χ3v) is 5.85. The number of aromatic nitrogens is 1. The van der Waals surface area contributed by atoms with E-state index in [1.54, 1.807) is 19.1 Å². The number of ether oxygens (including phenoxy) is 2. The molecule has 0 aliphatic carbocycles. The summed E-state index contributed by atoms with van der Waals surface area (Å²) in [6.45, 7) is 5.14. The Morgan fingerprint density at radius 3 is 2.57 bits per heavy atom. The van der Waals surface area contributed by atoms with Crippen LogP contribution in [-0.4, -0.2) is 43.1 Å². The van der Waals surface area contributed by atoms with Crippen molar-refractivity contribution in [3.8, 4) is 21.9 Å². The summed E-state index contributed by atoms with van der Waals surface area (Å²) in [6, 6.07) is 13.8. The largest absolute Gasteiger partial charge is 0.493 e. The summed E-state index contributed by atoms with van der Waals surface area (Å²) < 4.78 is 10.7. The Morgan fingerprint density at radius 1 is 1.13 bits per heavy atom. The molecule has 0 saturated carbocycles. The molecule has 0 aliphatic rings. The maximum Gasteiger partial charge on any atom is 0.274 e. The Balaban J connectivity index is 1.80. The number of nitrogens with two attached hydrogens (primary N) is 1. The van der Waals surface area contributed by atoms with Crippen LogP contribution in [0.4, 0.5) is 5.13 Å². The van der Waals surface area contributed by atoms with Crippen molar-refractivity contribution < 1.29 is 14.3 Å². The molecule has 0 fully saturated rings. The van der Waals surface area contributed by atoms with Crippen molar-refractivity contribution in [1.82, 2.24) is 9.88 Å². The Labute approximate surface area is 181 Å². The first-order valence-electron chi connectivity index (χ1n) is 9.80. The minimum absolute atomic E-state index is 0.109.